The first-order valence-electron chi connectivity index (χ1n) is 13.7. The fraction of sp³-hybridized carbons (Fsp3) is 0.593. The summed E-state index contributed by atoms with van der Waals surface area (Å²) in [6.07, 6.45) is 2.13. The van der Waals surface area contributed by atoms with Crippen LogP contribution in [0.1, 0.15) is 38.2 Å². The topological polar surface area (TPSA) is 244 Å². The first kappa shape index (κ1) is 36.2. The van der Waals surface area contributed by atoms with Crippen LogP contribution in [0.25, 0.3) is 0 Å². The number of anilines is 1. The first-order chi connectivity index (χ1) is 19.9. The van der Waals surface area contributed by atoms with E-state index in [0.717, 1.165) is 0 Å². The van der Waals surface area contributed by atoms with E-state index in [1.165, 1.54) is 19.2 Å². The number of phenols is 1. The lowest BCUT2D eigenvalue weighted by Crippen LogP contribution is -2.46. The van der Waals surface area contributed by atoms with Gasteiger partial charge in [-0.3, -0.25) is 24.0 Å². The van der Waals surface area contributed by atoms with Gasteiger partial charge in [-0.15, -0.1) is 0 Å². The molecule has 0 radical (unpaired) electrons. The molecular formula is C27H44N6O9. The lowest BCUT2D eigenvalue weighted by Gasteiger charge is -2.16. The largest absolute Gasteiger partial charge is 0.506 e. The molecule has 0 heterocycles. The van der Waals surface area contributed by atoms with Gasteiger partial charge in [-0.05, 0) is 49.8 Å². The molecule has 0 aliphatic heterocycles. The number of benzene rings is 1. The summed E-state index contributed by atoms with van der Waals surface area (Å²) in [6, 6.07) is 3.24. The van der Waals surface area contributed by atoms with Crippen LogP contribution in [0.5, 0.6) is 5.75 Å². The molecule has 1 aromatic rings. The van der Waals surface area contributed by atoms with Gasteiger partial charge in [0.2, 0.25) is 23.6 Å². The van der Waals surface area contributed by atoms with Crippen molar-refractivity contribution in [3.8, 4) is 5.75 Å². The number of carbonyl (C=O) groups is 5. The van der Waals surface area contributed by atoms with Crippen LogP contribution in [-0.2, 0) is 39.9 Å². The molecule has 0 saturated carbocycles. The number of aromatic hydroxyl groups is 1. The van der Waals surface area contributed by atoms with Crippen molar-refractivity contribution in [2.45, 2.75) is 51.1 Å². The fourth-order valence-corrected chi connectivity index (χ4v) is 3.69. The third-order valence-electron chi connectivity index (χ3n) is 6.05. The third kappa shape index (κ3) is 15.9. The second-order valence-corrected chi connectivity index (χ2v) is 9.83. The molecule has 15 nitrogen and oxygen atoms in total. The predicted molar refractivity (Wildman–Crippen MR) is 153 cm³/mol. The molecule has 10 N–H and O–H groups in total. The highest BCUT2D eigenvalue weighted by molar-refractivity contribution is 5.96. The van der Waals surface area contributed by atoms with Crippen molar-refractivity contribution in [1.29, 1.82) is 0 Å². The first-order valence-corrected chi connectivity index (χ1v) is 13.7. The minimum atomic E-state index is -0.941. The van der Waals surface area contributed by atoms with E-state index < -0.39 is 48.2 Å². The van der Waals surface area contributed by atoms with Gasteiger partial charge < -0.3 is 52.4 Å². The Bertz CT molecular complexity index is 1040. The summed E-state index contributed by atoms with van der Waals surface area (Å²) in [5.41, 5.74) is 12.7. The Labute approximate surface area is 245 Å². The molecule has 3 atom stereocenters. The van der Waals surface area contributed by atoms with Crippen molar-refractivity contribution in [3.05, 3.63) is 23.8 Å². The highest BCUT2D eigenvalue weighted by Crippen LogP contribution is 2.25. The Morgan fingerprint density at radius 3 is 2.36 bits per heavy atom. The number of nitrogens with two attached hydrogens (primary N) is 2. The molecule has 42 heavy (non-hydrogen) atoms. The number of carbonyl (C=O) groups excluding carboxylic acids is 4. The van der Waals surface area contributed by atoms with Crippen molar-refractivity contribution >= 4 is 35.3 Å². The van der Waals surface area contributed by atoms with Crippen molar-refractivity contribution in [2.24, 2.45) is 17.4 Å². The predicted octanol–water partition coefficient (Wildman–Crippen LogP) is -1.18. The van der Waals surface area contributed by atoms with Gasteiger partial charge in [-0.25, -0.2) is 0 Å². The lowest BCUT2D eigenvalue weighted by atomic mass is 9.96. The zero-order valence-electron chi connectivity index (χ0n) is 24.1. The summed E-state index contributed by atoms with van der Waals surface area (Å²) in [4.78, 5) is 59.1. The van der Waals surface area contributed by atoms with Crippen LogP contribution in [0.15, 0.2) is 18.2 Å². The Morgan fingerprint density at radius 1 is 0.952 bits per heavy atom. The fourth-order valence-electron chi connectivity index (χ4n) is 3.69. The maximum Gasteiger partial charge on any atom is 0.306 e. The number of nitrogens with one attached hydrogen (secondary N) is 4. The van der Waals surface area contributed by atoms with Crippen molar-refractivity contribution in [1.82, 2.24) is 16.0 Å². The second-order valence-electron chi connectivity index (χ2n) is 9.83. The van der Waals surface area contributed by atoms with Crippen LogP contribution in [0, 0.1) is 5.92 Å². The van der Waals surface area contributed by atoms with Crippen LogP contribution in [0.2, 0.25) is 0 Å². The number of rotatable bonds is 21. The molecule has 0 aliphatic carbocycles. The smallest absolute Gasteiger partial charge is 0.306 e. The molecule has 15 heteroatoms. The number of hydrogen-bond acceptors (Lipinski definition) is 10. The molecule has 0 aliphatic rings. The Morgan fingerprint density at radius 2 is 1.67 bits per heavy atom. The summed E-state index contributed by atoms with van der Waals surface area (Å²) in [5.74, 6) is -3.74. The molecule has 1 rings (SSSR count). The molecule has 0 aromatic heterocycles. The average Bonchev–Trinajstić information content (AvgIpc) is 2.94. The van der Waals surface area contributed by atoms with E-state index in [1.54, 1.807) is 13.0 Å². The zero-order chi connectivity index (χ0) is 31.5. The minimum Gasteiger partial charge on any atom is -0.506 e. The van der Waals surface area contributed by atoms with Gasteiger partial charge in [0.25, 0.3) is 0 Å². The molecule has 0 bridgehead atoms. The number of carboxylic acid groups (broad SMARTS) is 1. The SMILES string of the molecule is COCCOCC(=O)NCCCC[C@H](N)C(=O)NCC(=O)NCC(=O)Nc1cc(C[C@H](N)C[C@H](C)C(=O)O)ccc1O. The van der Waals surface area contributed by atoms with Gasteiger partial charge in [0.05, 0.1) is 44.0 Å². The number of phenolic OH excluding ortho intramolecular Hbond substituents is 1. The third-order valence-corrected chi connectivity index (χ3v) is 6.05. The average molecular weight is 597 g/mol. The molecule has 0 saturated heterocycles. The molecule has 1 aromatic carbocycles. The van der Waals surface area contributed by atoms with E-state index in [1.807, 2.05) is 0 Å². The molecule has 4 amide bonds. The van der Waals surface area contributed by atoms with Crippen molar-refractivity contribution in [3.63, 3.8) is 0 Å². The van der Waals surface area contributed by atoms with Gasteiger partial charge in [-0.2, -0.15) is 0 Å². The van der Waals surface area contributed by atoms with Crippen molar-refractivity contribution < 1.29 is 43.7 Å². The van der Waals surface area contributed by atoms with Gasteiger partial charge in [0.1, 0.15) is 12.4 Å². The summed E-state index contributed by atoms with van der Waals surface area (Å²) < 4.78 is 9.93. The minimum absolute atomic E-state index is 0.0587. The van der Waals surface area contributed by atoms with Gasteiger partial charge in [-0.1, -0.05) is 13.0 Å². The normalized spacial score (nSPS) is 13.0. The number of ether oxygens (including phenoxy) is 2. The maximum absolute atomic E-state index is 12.3. The molecule has 236 valence electrons. The van der Waals surface area contributed by atoms with Crippen LogP contribution in [0.4, 0.5) is 5.69 Å². The second kappa shape index (κ2) is 20.1. The zero-order valence-corrected chi connectivity index (χ0v) is 24.1. The maximum atomic E-state index is 12.3. The molecule has 0 spiro atoms. The Hall–Kier alpha value is -3.79. The monoisotopic (exact) mass is 596 g/mol. The number of methoxy groups -OCH3 is 1. The van der Waals surface area contributed by atoms with Gasteiger partial charge >= 0.3 is 5.97 Å². The summed E-state index contributed by atoms with van der Waals surface area (Å²) in [7, 11) is 1.54. The number of carboxylic acids is 1. The van der Waals surface area contributed by atoms with E-state index in [2.05, 4.69) is 21.3 Å². The summed E-state index contributed by atoms with van der Waals surface area (Å²) in [6.45, 7) is 1.85. The standard InChI is InChI=1S/C27H44N6O9/c1-17(27(39)40)11-19(28)12-18-6-7-22(34)21(13-18)33-24(36)15-31-23(35)14-32-26(38)20(29)5-3-4-8-30-25(37)16-42-10-9-41-2/h6-7,13,17,19-20,34H,3-5,8-12,14-16,28-29H2,1-2H3,(H,30,37)(H,31,35)(H,32,38)(H,33,36)(H,39,40)/t17-,19+,20-/m0/s1. The van der Waals surface area contributed by atoms with E-state index >= 15 is 0 Å². The number of hydrogen-bond donors (Lipinski definition) is 8. The highest BCUT2D eigenvalue weighted by Gasteiger charge is 2.17. The number of amides is 4. The van der Waals surface area contributed by atoms with Gasteiger partial charge in [0, 0.05) is 19.7 Å². The van der Waals surface area contributed by atoms with E-state index in [-0.39, 0.29) is 36.9 Å². The summed E-state index contributed by atoms with van der Waals surface area (Å²) in [5, 5.41) is 29.1. The van der Waals surface area contributed by atoms with E-state index in [0.29, 0.717) is 51.0 Å². The number of unbranched alkanes of at least 4 members (excludes halogenated alkanes) is 1. The molecule has 0 unspecified atom stereocenters. The quantitative estimate of drug-likeness (QED) is 0.0620. The van der Waals surface area contributed by atoms with Crippen LogP contribution in [0.3, 0.4) is 0 Å². The van der Waals surface area contributed by atoms with E-state index in [4.69, 9.17) is 26.0 Å². The van der Waals surface area contributed by atoms with E-state index in [9.17, 15) is 29.1 Å². The number of aliphatic carboxylic acids is 1. The summed E-state index contributed by atoms with van der Waals surface area (Å²) >= 11 is 0. The molecule has 0 fully saturated rings. The van der Waals surface area contributed by atoms with Crippen LogP contribution >= 0.6 is 0 Å². The Balaban J connectivity index is 2.31. The van der Waals surface area contributed by atoms with Crippen LogP contribution in [-0.4, -0.2) is 98.5 Å². The Kier molecular flexibility index (Phi) is 17.4. The lowest BCUT2D eigenvalue weighted by molar-refractivity contribution is -0.141. The van der Waals surface area contributed by atoms with Gasteiger partial charge in [0.15, 0.2) is 0 Å². The molecular weight excluding hydrogens is 552 g/mol. The van der Waals surface area contributed by atoms with Crippen molar-refractivity contribution in [2.75, 3.05) is 51.9 Å². The van der Waals surface area contributed by atoms with Crippen LogP contribution < -0.4 is 32.7 Å². The highest BCUT2D eigenvalue weighted by atomic mass is 16.5.